The molecule has 6 rings (SSSR count). The van der Waals surface area contributed by atoms with Gasteiger partial charge < -0.3 is 5.11 Å². The van der Waals surface area contributed by atoms with Crippen LogP contribution in [0.1, 0.15) is 5.56 Å². The summed E-state index contributed by atoms with van der Waals surface area (Å²) in [4.78, 5) is 39.9. The van der Waals surface area contributed by atoms with E-state index in [2.05, 4.69) is 36.8 Å². The molecule has 0 bridgehead atoms. The van der Waals surface area contributed by atoms with Gasteiger partial charge in [-0.25, -0.2) is 0 Å². The van der Waals surface area contributed by atoms with Crippen LogP contribution in [0.25, 0.3) is 11.3 Å². The van der Waals surface area contributed by atoms with Crippen LogP contribution in [0.5, 0.6) is 0 Å². The first-order valence-corrected chi connectivity index (χ1v) is 16.1. The number of carbonyl (C=O) groups is 1. The fraction of sp³-hybridized carbons (Fsp3) is 0.444. The van der Waals surface area contributed by atoms with Gasteiger partial charge in [0.1, 0.15) is 0 Å². The van der Waals surface area contributed by atoms with E-state index in [-0.39, 0.29) is 39.7 Å². The number of aliphatic hydroxyl groups excluding tert-OH is 1. The van der Waals surface area contributed by atoms with Crippen molar-refractivity contribution in [1.82, 2.24) is 29.7 Å². The van der Waals surface area contributed by atoms with Gasteiger partial charge in [0.15, 0.2) is 0 Å². The molecule has 3 aromatic rings. The van der Waals surface area contributed by atoms with Gasteiger partial charge in [-0.2, -0.15) is 0 Å². The van der Waals surface area contributed by atoms with Crippen LogP contribution in [0.15, 0.2) is 36.7 Å². The van der Waals surface area contributed by atoms with E-state index in [1.54, 1.807) is 12.4 Å². The summed E-state index contributed by atoms with van der Waals surface area (Å²) in [7, 11) is 0. The van der Waals surface area contributed by atoms with Crippen LogP contribution in [0.3, 0.4) is 0 Å². The summed E-state index contributed by atoms with van der Waals surface area (Å²) in [5, 5.41) is 9.14. The second kappa shape index (κ2) is 12.2. The molecule has 212 valence electrons. The summed E-state index contributed by atoms with van der Waals surface area (Å²) in [6.45, 7) is 6.63. The summed E-state index contributed by atoms with van der Waals surface area (Å²) in [6.07, 6.45) is 3.85. The van der Waals surface area contributed by atoms with E-state index in [0.717, 1.165) is 59.1 Å². The Labute approximate surface area is 243 Å². The summed E-state index contributed by atoms with van der Waals surface area (Å²) in [6, 6.07) is 8.26. The quantitative estimate of drug-likeness (QED) is 0.157. The first-order chi connectivity index (χ1) is 19.6. The van der Waals surface area contributed by atoms with Gasteiger partial charge in [0.25, 0.3) is 0 Å². The molecule has 0 spiro atoms. The number of morpholine rings is 1. The summed E-state index contributed by atoms with van der Waals surface area (Å²) in [5.41, 5.74) is 9.52. The predicted octanol–water partition coefficient (Wildman–Crippen LogP) is -2.60. The van der Waals surface area contributed by atoms with Crippen molar-refractivity contribution in [3.8, 4) is 11.3 Å². The van der Waals surface area contributed by atoms with Crippen molar-refractivity contribution in [2.24, 2.45) is 0 Å². The van der Waals surface area contributed by atoms with Crippen LogP contribution in [-0.4, -0.2) is 111 Å². The fourth-order valence-corrected chi connectivity index (χ4v) is 8.04. The molecular formula is C27H33IN9O3-. The zero-order valence-corrected chi connectivity index (χ0v) is 24.4. The van der Waals surface area contributed by atoms with Crippen LogP contribution >= 0.6 is 0 Å². The number of ether oxygens (including phenoxy) is 1. The van der Waals surface area contributed by atoms with Gasteiger partial charge in [-0.1, -0.05) is 0 Å². The van der Waals surface area contributed by atoms with Crippen molar-refractivity contribution in [3.63, 3.8) is 0 Å². The average molecular weight is 659 g/mol. The maximum absolute atomic E-state index is 12.9. The molecule has 2 fully saturated rings. The molecule has 3 aliphatic heterocycles. The van der Waals surface area contributed by atoms with Gasteiger partial charge in [-0.3, -0.25) is 0 Å². The number of anilines is 4. The number of hydrogen-bond donors (Lipinski definition) is 2. The van der Waals surface area contributed by atoms with Gasteiger partial charge in [-0.15, -0.1) is 0 Å². The Kier molecular flexibility index (Phi) is 8.22. The Bertz CT molecular complexity index is 1330. The molecule has 3 aliphatic rings. The Morgan fingerprint density at radius 3 is 2.42 bits per heavy atom. The number of halogens is 1. The van der Waals surface area contributed by atoms with Crippen molar-refractivity contribution in [2.75, 3.05) is 85.7 Å². The van der Waals surface area contributed by atoms with Gasteiger partial charge >= 0.3 is 226 Å². The number of fused-ring (bicyclic) bond motifs is 1. The molecule has 40 heavy (non-hydrogen) atoms. The van der Waals surface area contributed by atoms with E-state index in [0.29, 0.717) is 45.2 Å². The van der Waals surface area contributed by atoms with E-state index in [1.165, 1.54) is 3.57 Å². The predicted molar refractivity (Wildman–Crippen MR) is 146 cm³/mol. The SMILES string of the molecule is Nc1ncc(-c2nc(N3CCOCC3)nc3c2[I-]CN3c2ccc(CC(=O)N3CCN(CCO)CC3)cc2)cn1. The number of nitrogens with zero attached hydrogens (tertiary/aromatic N) is 8. The minimum absolute atomic E-state index is 0.145. The van der Waals surface area contributed by atoms with Crippen molar-refractivity contribution < 1.29 is 35.8 Å². The van der Waals surface area contributed by atoms with E-state index in [4.69, 9.17) is 25.5 Å². The van der Waals surface area contributed by atoms with Gasteiger partial charge in [0.05, 0.1) is 6.61 Å². The van der Waals surface area contributed by atoms with Crippen LogP contribution < -0.4 is 36.7 Å². The first kappa shape index (κ1) is 27.1. The Balaban J connectivity index is 1.22. The third-order valence-electron chi connectivity index (χ3n) is 7.37. The number of nitrogen functional groups attached to an aromatic ring is 1. The third-order valence-corrected chi connectivity index (χ3v) is 10.2. The van der Waals surface area contributed by atoms with E-state index in [1.807, 2.05) is 17.0 Å². The zero-order chi connectivity index (χ0) is 27.5. The molecule has 3 N–H and O–H groups in total. The van der Waals surface area contributed by atoms with Gasteiger partial charge in [0, 0.05) is 6.54 Å². The van der Waals surface area contributed by atoms with Crippen molar-refractivity contribution in [1.29, 1.82) is 0 Å². The number of rotatable bonds is 7. The Morgan fingerprint density at radius 2 is 1.73 bits per heavy atom. The number of nitrogens with two attached hydrogens (primary N) is 1. The number of piperazine rings is 1. The van der Waals surface area contributed by atoms with E-state index >= 15 is 0 Å². The second-order valence-corrected chi connectivity index (χ2v) is 12.4. The van der Waals surface area contributed by atoms with E-state index < -0.39 is 0 Å². The molecule has 5 heterocycles. The number of alkyl halides is 1. The van der Waals surface area contributed by atoms with Crippen LogP contribution in [0.4, 0.5) is 23.4 Å². The number of β-amino-alcohol motifs (C(OH)–C–C–N with tert-alkyl or cyclic N) is 1. The molecule has 13 heteroatoms. The number of carbonyl (C=O) groups excluding carboxylic acids is 1. The normalized spacial score (nSPS) is 18.0. The monoisotopic (exact) mass is 658 g/mol. The summed E-state index contributed by atoms with van der Waals surface area (Å²) >= 11 is -0.378. The standard InChI is InChI=1S/C27H33IN9O3/c29-26-30-16-20(17-31-26)24-23-25(33-27(32-24)36-10-13-40-14-11-36)37(18-28-23)21-3-1-19(2-4-21)15-22(39)35-7-5-34(6-8-35)9-12-38/h1-4,16-17,38H,5-15,18H2,(H2,29,30,31)/q-1. The molecule has 0 unspecified atom stereocenters. The van der Waals surface area contributed by atoms with Crippen LogP contribution in [-0.2, 0) is 16.0 Å². The topological polar surface area (TPSA) is 137 Å². The van der Waals surface area contributed by atoms with Crippen molar-refractivity contribution in [2.45, 2.75) is 6.42 Å². The molecule has 2 saturated heterocycles. The average Bonchev–Trinajstić information content (AvgIpc) is 3.43. The zero-order valence-electron chi connectivity index (χ0n) is 22.2. The van der Waals surface area contributed by atoms with Crippen molar-refractivity contribution >= 4 is 29.3 Å². The molecule has 0 radical (unpaired) electrons. The number of benzene rings is 1. The van der Waals surface area contributed by atoms with Gasteiger partial charge in [0.2, 0.25) is 0 Å². The second-order valence-electron chi connectivity index (χ2n) is 9.91. The number of amides is 1. The number of aromatic nitrogens is 4. The molecule has 12 nitrogen and oxygen atoms in total. The molecule has 2 aromatic heterocycles. The Hall–Kier alpha value is -3.14. The minimum atomic E-state index is -0.378. The van der Waals surface area contributed by atoms with Gasteiger partial charge in [-0.05, 0) is 0 Å². The van der Waals surface area contributed by atoms with Crippen molar-refractivity contribution in [3.05, 3.63) is 45.8 Å². The number of aliphatic hydroxyl groups is 1. The van der Waals surface area contributed by atoms with E-state index in [9.17, 15) is 4.79 Å². The fourth-order valence-electron chi connectivity index (χ4n) is 5.09. The summed E-state index contributed by atoms with van der Waals surface area (Å²) < 4.78 is 7.60. The summed E-state index contributed by atoms with van der Waals surface area (Å²) in [5.74, 6) is 2.00. The molecule has 1 aromatic carbocycles. The third kappa shape index (κ3) is 5.82. The molecule has 0 aliphatic carbocycles. The molecule has 0 saturated carbocycles. The first-order valence-electron chi connectivity index (χ1n) is 13.5. The Morgan fingerprint density at radius 1 is 1.00 bits per heavy atom. The maximum atomic E-state index is 12.9. The van der Waals surface area contributed by atoms with Crippen LogP contribution in [0, 0.1) is 3.57 Å². The molecule has 0 atom stereocenters. The molecule has 1 amide bonds. The molecular weight excluding hydrogens is 625 g/mol. The number of hydrogen-bond acceptors (Lipinski definition) is 11. The van der Waals surface area contributed by atoms with Crippen LogP contribution in [0.2, 0.25) is 0 Å².